The third-order valence-electron chi connectivity index (χ3n) is 4.88. The predicted octanol–water partition coefficient (Wildman–Crippen LogP) is 6.79. The van der Waals surface area contributed by atoms with Gasteiger partial charge in [-0.15, -0.1) is 0 Å². The monoisotopic (exact) mass is 463 g/mol. The zero-order chi connectivity index (χ0) is 20.9. The molecule has 0 radical (unpaired) electrons. The number of aryl methyl sites for hydroxylation is 1. The summed E-state index contributed by atoms with van der Waals surface area (Å²) in [6.45, 7) is 1.10. The van der Waals surface area contributed by atoms with Crippen LogP contribution < -0.4 is 4.90 Å². The summed E-state index contributed by atoms with van der Waals surface area (Å²) >= 11 is 18.7. The molecule has 1 unspecified atom stereocenters. The Labute approximate surface area is 179 Å². The molecule has 0 bridgehead atoms. The van der Waals surface area contributed by atoms with Crippen molar-refractivity contribution in [3.8, 4) is 0 Å². The van der Waals surface area contributed by atoms with Gasteiger partial charge in [0, 0.05) is 30.8 Å². The van der Waals surface area contributed by atoms with Crippen LogP contribution in [-0.2, 0) is 11.3 Å². The number of alkyl halides is 3. The van der Waals surface area contributed by atoms with Crippen LogP contribution in [0.1, 0.15) is 18.1 Å². The van der Waals surface area contributed by atoms with Gasteiger partial charge in [0.25, 0.3) is 0 Å². The zero-order valence-electron chi connectivity index (χ0n) is 15.1. The fraction of sp³-hybridized carbons (Fsp3) is 0.316. The average Bonchev–Trinajstić information content (AvgIpc) is 3.04. The SMILES string of the molecule is COC(c1ccc(Cl)c2nc3n(c12)CCCN3c1ccc(Cl)cc1Cl)C(F)(F)F. The molecule has 0 aliphatic carbocycles. The maximum atomic E-state index is 13.6. The number of nitrogens with zero attached hydrogens (tertiary/aromatic N) is 3. The fourth-order valence-electron chi connectivity index (χ4n) is 3.70. The summed E-state index contributed by atoms with van der Waals surface area (Å²) in [5.74, 6) is 0.474. The van der Waals surface area contributed by atoms with E-state index in [-0.39, 0.29) is 10.6 Å². The highest BCUT2D eigenvalue weighted by Gasteiger charge is 2.43. The van der Waals surface area contributed by atoms with Gasteiger partial charge in [0.05, 0.1) is 21.2 Å². The summed E-state index contributed by atoms with van der Waals surface area (Å²) in [5.41, 5.74) is 1.25. The number of fused-ring (bicyclic) bond motifs is 3. The van der Waals surface area contributed by atoms with Crippen LogP contribution >= 0.6 is 34.8 Å². The Morgan fingerprint density at radius 2 is 1.83 bits per heavy atom. The lowest BCUT2D eigenvalue weighted by molar-refractivity contribution is -0.215. The number of halogens is 6. The van der Waals surface area contributed by atoms with E-state index in [1.54, 1.807) is 22.8 Å². The summed E-state index contributed by atoms with van der Waals surface area (Å²) in [7, 11) is 1.03. The smallest absolute Gasteiger partial charge is 0.367 e. The van der Waals surface area contributed by atoms with Crippen LogP contribution in [0, 0.1) is 0 Å². The molecule has 4 nitrogen and oxygen atoms in total. The number of hydrogen-bond donors (Lipinski definition) is 0. The van der Waals surface area contributed by atoms with Crippen molar-refractivity contribution in [3.63, 3.8) is 0 Å². The fourth-order valence-corrected chi connectivity index (χ4v) is 4.41. The maximum Gasteiger partial charge on any atom is 0.418 e. The number of ether oxygens (including phenoxy) is 1. The molecule has 0 amide bonds. The molecule has 10 heteroatoms. The standard InChI is InChI=1S/C19H15Cl3F3N3O/c1-29-17(19(23,24)25)11-4-5-12(21)15-16(11)28-8-2-7-27(18(28)26-15)14-6-3-10(20)9-13(14)22/h3-6,9,17H,2,7-8H2,1H3. The van der Waals surface area contributed by atoms with E-state index in [1.165, 1.54) is 12.1 Å². The van der Waals surface area contributed by atoms with E-state index in [1.807, 2.05) is 4.90 Å². The molecule has 2 heterocycles. The number of methoxy groups -OCH3 is 1. The van der Waals surface area contributed by atoms with Crippen LogP contribution in [0.15, 0.2) is 30.3 Å². The maximum absolute atomic E-state index is 13.6. The lowest BCUT2D eigenvalue weighted by Gasteiger charge is -2.30. The van der Waals surface area contributed by atoms with Crippen LogP contribution in [-0.4, -0.2) is 29.4 Å². The van der Waals surface area contributed by atoms with Gasteiger partial charge in [0.1, 0.15) is 5.52 Å². The summed E-state index contributed by atoms with van der Waals surface area (Å²) < 4.78 is 47.3. The first-order valence-electron chi connectivity index (χ1n) is 8.73. The minimum atomic E-state index is -4.58. The van der Waals surface area contributed by atoms with Gasteiger partial charge in [-0.2, -0.15) is 13.2 Å². The highest BCUT2D eigenvalue weighted by atomic mass is 35.5. The molecule has 0 spiro atoms. The van der Waals surface area contributed by atoms with E-state index in [0.717, 1.165) is 7.11 Å². The largest absolute Gasteiger partial charge is 0.418 e. The van der Waals surface area contributed by atoms with Gasteiger partial charge in [-0.05, 0) is 30.7 Å². The zero-order valence-corrected chi connectivity index (χ0v) is 17.4. The highest BCUT2D eigenvalue weighted by molar-refractivity contribution is 6.36. The second kappa shape index (κ2) is 7.54. The minimum Gasteiger partial charge on any atom is -0.367 e. The van der Waals surface area contributed by atoms with Crippen molar-refractivity contribution >= 4 is 57.5 Å². The number of anilines is 2. The van der Waals surface area contributed by atoms with Crippen molar-refractivity contribution in [2.45, 2.75) is 25.2 Å². The van der Waals surface area contributed by atoms with E-state index < -0.39 is 12.3 Å². The highest BCUT2D eigenvalue weighted by Crippen LogP contribution is 2.43. The topological polar surface area (TPSA) is 30.3 Å². The second-order valence-corrected chi connectivity index (χ2v) is 7.91. The Hall–Kier alpha value is -1.67. The first kappa shape index (κ1) is 20.6. The summed E-state index contributed by atoms with van der Waals surface area (Å²) in [5, 5.41) is 1.18. The van der Waals surface area contributed by atoms with Gasteiger partial charge < -0.3 is 14.2 Å². The lowest BCUT2D eigenvalue weighted by atomic mass is 10.1. The van der Waals surface area contributed by atoms with Crippen molar-refractivity contribution in [1.29, 1.82) is 0 Å². The van der Waals surface area contributed by atoms with Crippen molar-refractivity contribution in [1.82, 2.24) is 9.55 Å². The molecule has 2 aromatic carbocycles. The third-order valence-corrected chi connectivity index (χ3v) is 5.72. The Morgan fingerprint density at radius 1 is 1.07 bits per heavy atom. The molecule has 154 valence electrons. The molecule has 3 aromatic rings. The summed E-state index contributed by atoms with van der Waals surface area (Å²) in [6.07, 6.45) is -5.97. The quantitative estimate of drug-likeness (QED) is 0.427. The van der Waals surface area contributed by atoms with Crippen LogP contribution in [0.2, 0.25) is 15.1 Å². The number of imidazole rings is 1. The van der Waals surface area contributed by atoms with E-state index in [4.69, 9.17) is 39.5 Å². The van der Waals surface area contributed by atoms with Crippen LogP contribution in [0.4, 0.5) is 24.8 Å². The molecule has 1 aromatic heterocycles. The summed E-state index contributed by atoms with van der Waals surface area (Å²) in [4.78, 5) is 6.43. The Bertz CT molecular complexity index is 1080. The van der Waals surface area contributed by atoms with E-state index in [0.29, 0.717) is 52.2 Å². The molecule has 0 fully saturated rings. The number of hydrogen-bond acceptors (Lipinski definition) is 3. The minimum absolute atomic E-state index is 0.0257. The van der Waals surface area contributed by atoms with E-state index in [9.17, 15) is 13.2 Å². The molecule has 0 N–H and O–H groups in total. The van der Waals surface area contributed by atoms with Crippen LogP contribution in [0.25, 0.3) is 11.0 Å². The van der Waals surface area contributed by atoms with Crippen LogP contribution in [0.5, 0.6) is 0 Å². The molecular weight excluding hydrogens is 450 g/mol. The molecule has 29 heavy (non-hydrogen) atoms. The predicted molar refractivity (Wildman–Crippen MR) is 109 cm³/mol. The Kier molecular flexibility index (Phi) is 5.36. The molecular formula is C19H15Cl3F3N3O. The number of benzene rings is 2. The summed E-state index contributed by atoms with van der Waals surface area (Å²) in [6, 6.07) is 7.83. The van der Waals surface area contributed by atoms with Crippen molar-refractivity contribution in [2.75, 3.05) is 18.6 Å². The lowest BCUT2D eigenvalue weighted by Crippen LogP contribution is -2.29. The normalized spacial score (nSPS) is 15.6. The number of aromatic nitrogens is 2. The molecule has 1 atom stereocenters. The van der Waals surface area contributed by atoms with Crippen molar-refractivity contribution in [2.24, 2.45) is 0 Å². The van der Waals surface area contributed by atoms with E-state index >= 15 is 0 Å². The Morgan fingerprint density at radius 3 is 2.48 bits per heavy atom. The molecule has 1 aliphatic rings. The second-order valence-electron chi connectivity index (χ2n) is 6.66. The van der Waals surface area contributed by atoms with Gasteiger partial charge in [-0.3, -0.25) is 0 Å². The molecule has 0 saturated heterocycles. The average molecular weight is 465 g/mol. The first-order valence-corrected chi connectivity index (χ1v) is 9.86. The van der Waals surface area contributed by atoms with Crippen LogP contribution in [0.3, 0.4) is 0 Å². The molecule has 0 saturated carbocycles. The number of rotatable bonds is 3. The molecule has 4 rings (SSSR count). The van der Waals surface area contributed by atoms with Crippen molar-refractivity contribution < 1.29 is 17.9 Å². The van der Waals surface area contributed by atoms with Gasteiger partial charge >= 0.3 is 6.18 Å². The first-order chi connectivity index (χ1) is 13.7. The third kappa shape index (κ3) is 3.54. The van der Waals surface area contributed by atoms with Gasteiger partial charge in [-0.1, -0.05) is 40.9 Å². The molecule has 1 aliphatic heterocycles. The van der Waals surface area contributed by atoms with Gasteiger partial charge in [0.2, 0.25) is 5.95 Å². The van der Waals surface area contributed by atoms with Crippen molar-refractivity contribution in [3.05, 3.63) is 51.0 Å². The van der Waals surface area contributed by atoms with Gasteiger partial charge in [0.15, 0.2) is 6.10 Å². The Balaban J connectivity index is 1.95. The van der Waals surface area contributed by atoms with Gasteiger partial charge in [-0.25, -0.2) is 4.98 Å². The van der Waals surface area contributed by atoms with E-state index in [2.05, 4.69) is 4.98 Å².